The summed E-state index contributed by atoms with van der Waals surface area (Å²) in [6.45, 7) is 14.8. The zero-order valence-corrected chi connectivity index (χ0v) is 27.1. The van der Waals surface area contributed by atoms with E-state index in [1.807, 2.05) is 30.3 Å². The van der Waals surface area contributed by atoms with Gasteiger partial charge in [-0.1, -0.05) is 88.7 Å². The number of allylic oxidation sites excluding steroid dienone is 1. The van der Waals surface area contributed by atoms with E-state index in [-0.39, 0.29) is 16.9 Å². The minimum absolute atomic E-state index is 0.0475. The number of phenolic OH excluding ortho intramolecular Hbond substituents is 2. The third-order valence-electron chi connectivity index (χ3n) is 8.16. The SMILES string of the molecule is C=C(CC)Nc1cc(C)cc(C)c1.CCCC(C)(CCCCc1ccc(O)c(O)c1)c1ccc(-c2cccc(C#N)c2)cc1. The van der Waals surface area contributed by atoms with Gasteiger partial charge in [-0.2, -0.15) is 5.26 Å². The molecule has 4 rings (SSSR count). The molecule has 0 aromatic heterocycles. The lowest BCUT2D eigenvalue weighted by Crippen LogP contribution is -2.21. The molecular weight excluding hydrogens is 540 g/mol. The van der Waals surface area contributed by atoms with Crippen molar-refractivity contribution in [2.75, 3.05) is 5.32 Å². The molecule has 4 aromatic carbocycles. The van der Waals surface area contributed by atoms with Gasteiger partial charge in [0.25, 0.3) is 0 Å². The molecule has 0 spiro atoms. The molecule has 0 saturated heterocycles. The van der Waals surface area contributed by atoms with Gasteiger partial charge >= 0.3 is 0 Å². The highest BCUT2D eigenvalue weighted by Crippen LogP contribution is 2.36. The second kappa shape index (κ2) is 16.4. The summed E-state index contributed by atoms with van der Waals surface area (Å²) in [6, 6.07) is 30.3. The predicted molar refractivity (Wildman–Crippen MR) is 185 cm³/mol. The summed E-state index contributed by atoms with van der Waals surface area (Å²) >= 11 is 0. The number of nitrogens with zero attached hydrogens (tertiary/aromatic N) is 1. The van der Waals surface area contributed by atoms with Crippen LogP contribution in [0.5, 0.6) is 11.5 Å². The Bertz CT molecular complexity index is 1550. The summed E-state index contributed by atoms with van der Waals surface area (Å²) in [5.41, 5.74) is 10.2. The zero-order valence-electron chi connectivity index (χ0n) is 27.1. The summed E-state index contributed by atoms with van der Waals surface area (Å²) in [6.07, 6.45) is 7.38. The molecule has 44 heavy (non-hydrogen) atoms. The molecule has 0 radical (unpaired) electrons. The first-order valence-corrected chi connectivity index (χ1v) is 15.7. The van der Waals surface area contributed by atoms with E-state index in [0.29, 0.717) is 5.56 Å². The van der Waals surface area contributed by atoms with Crippen LogP contribution in [0, 0.1) is 25.2 Å². The van der Waals surface area contributed by atoms with Gasteiger partial charge in [-0.15, -0.1) is 0 Å². The first-order chi connectivity index (χ1) is 21.1. The topological polar surface area (TPSA) is 76.3 Å². The molecule has 3 N–H and O–H groups in total. The Labute approximate surface area is 264 Å². The number of nitriles is 1. The van der Waals surface area contributed by atoms with Gasteiger partial charge in [0.15, 0.2) is 11.5 Å². The zero-order chi connectivity index (χ0) is 32.1. The van der Waals surface area contributed by atoms with Crippen LogP contribution in [0.2, 0.25) is 0 Å². The van der Waals surface area contributed by atoms with Crippen molar-refractivity contribution in [2.24, 2.45) is 0 Å². The number of unbranched alkanes of at least 4 members (excludes halogenated alkanes) is 1. The van der Waals surface area contributed by atoms with E-state index in [1.54, 1.807) is 12.1 Å². The summed E-state index contributed by atoms with van der Waals surface area (Å²) in [5.74, 6) is -0.115. The molecule has 0 aliphatic rings. The Morgan fingerprint density at radius 3 is 2.14 bits per heavy atom. The summed E-state index contributed by atoms with van der Waals surface area (Å²) < 4.78 is 0. The van der Waals surface area contributed by atoms with Crippen molar-refractivity contribution in [3.63, 3.8) is 0 Å². The van der Waals surface area contributed by atoms with Crippen molar-refractivity contribution in [1.82, 2.24) is 0 Å². The quantitative estimate of drug-likeness (QED) is 0.114. The number of anilines is 1. The lowest BCUT2D eigenvalue weighted by Gasteiger charge is -2.30. The molecule has 1 unspecified atom stereocenters. The first kappa shape index (κ1) is 34.0. The van der Waals surface area contributed by atoms with Crippen LogP contribution in [0.1, 0.15) is 87.1 Å². The fourth-order valence-corrected chi connectivity index (χ4v) is 5.71. The minimum atomic E-state index is -0.0675. The van der Waals surface area contributed by atoms with Gasteiger partial charge in [0.1, 0.15) is 0 Å². The number of phenols is 2. The maximum Gasteiger partial charge on any atom is 0.157 e. The third kappa shape index (κ3) is 10.1. The van der Waals surface area contributed by atoms with E-state index in [9.17, 15) is 10.2 Å². The van der Waals surface area contributed by atoms with Gasteiger partial charge < -0.3 is 15.5 Å². The summed E-state index contributed by atoms with van der Waals surface area (Å²) in [5, 5.41) is 31.6. The smallest absolute Gasteiger partial charge is 0.157 e. The fraction of sp³-hybridized carbons (Fsp3) is 0.325. The third-order valence-corrected chi connectivity index (χ3v) is 8.16. The van der Waals surface area contributed by atoms with Crippen LogP contribution >= 0.6 is 0 Å². The number of hydrogen-bond acceptors (Lipinski definition) is 4. The summed E-state index contributed by atoms with van der Waals surface area (Å²) in [7, 11) is 0. The van der Waals surface area contributed by atoms with E-state index in [1.165, 1.54) is 16.7 Å². The Morgan fingerprint density at radius 1 is 0.818 bits per heavy atom. The van der Waals surface area contributed by atoms with Gasteiger partial charge in [-0.25, -0.2) is 0 Å². The first-order valence-electron chi connectivity index (χ1n) is 15.7. The molecule has 4 aromatic rings. The van der Waals surface area contributed by atoms with E-state index in [0.717, 1.165) is 73.0 Å². The van der Waals surface area contributed by atoms with Crippen LogP contribution in [0.4, 0.5) is 5.69 Å². The normalized spacial score (nSPS) is 11.9. The molecule has 0 saturated carbocycles. The highest BCUT2D eigenvalue weighted by molar-refractivity contribution is 5.65. The van der Waals surface area contributed by atoms with Gasteiger partial charge in [-0.3, -0.25) is 0 Å². The molecule has 4 heteroatoms. The van der Waals surface area contributed by atoms with Crippen LogP contribution < -0.4 is 5.32 Å². The second-order valence-corrected chi connectivity index (χ2v) is 12.1. The number of aryl methyl sites for hydroxylation is 3. The number of hydrogen-bond donors (Lipinski definition) is 3. The maximum absolute atomic E-state index is 9.67. The molecule has 0 aliphatic carbocycles. The molecule has 0 fully saturated rings. The summed E-state index contributed by atoms with van der Waals surface area (Å²) in [4.78, 5) is 0. The van der Waals surface area contributed by atoms with E-state index >= 15 is 0 Å². The Hall–Kier alpha value is -4.49. The van der Waals surface area contributed by atoms with Crippen molar-refractivity contribution >= 4 is 5.69 Å². The second-order valence-electron chi connectivity index (χ2n) is 12.1. The van der Waals surface area contributed by atoms with Gasteiger partial charge in [-0.05, 0) is 121 Å². The van der Waals surface area contributed by atoms with E-state index in [4.69, 9.17) is 5.26 Å². The average molecular weight is 589 g/mol. The lowest BCUT2D eigenvalue weighted by molar-refractivity contribution is 0.379. The standard InChI is InChI=1S/C28H31NO2.C12H17N/c1-3-16-28(2,17-5-4-7-21-10-15-26(30)27(31)19-21)25-13-11-23(12-14-25)24-9-6-8-22(18-24)20-29;1-5-11(4)13-12-7-9(2)6-10(3)8-12/h6,8-15,18-19,30-31H,3-5,7,16-17H2,1-2H3;6-8,13H,4-5H2,1-3H3. The van der Waals surface area contributed by atoms with Crippen LogP contribution in [0.3, 0.4) is 0 Å². The number of aromatic hydroxyl groups is 2. The fourth-order valence-electron chi connectivity index (χ4n) is 5.71. The highest BCUT2D eigenvalue weighted by atomic mass is 16.3. The molecule has 0 aliphatic heterocycles. The molecular formula is C40H48N2O2. The lowest BCUT2D eigenvalue weighted by atomic mass is 9.74. The molecule has 0 heterocycles. The van der Waals surface area contributed by atoms with Crippen molar-refractivity contribution in [3.8, 4) is 28.7 Å². The predicted octanol–water partition coefficient (Wildman–Crippen LogP) is 10.7. The Kier molecular flexibility index (Phi) is 12.7. The largest absolute Gasteiger partial charge is 0.504 e. The Morgan fingerprint density at radius 2 is 1.52 bits per heavy atom. The van der Waals surface area contributed by atoms with Crippen LogP contribution in [0.15, 0.2) is 97.2 Å². The average Bonchev–Trinajstić information content (AvgIpc) is 3.01. The van der Waals surface area contributed by atoms with Crippen molar-refractivity contribution in [2.45, 2.75) is 85.0 Å². The minimum Gasteiger partial charge on any atom is -0.504 e. The van der Waals surface area contributed by atoms with Gasteiger partial charge in [0, 0.05) is 11.4 Å². The number of benzene rings is 4. The number of rotatable bonds is 12. The molecule has 4 nitrogen and oxygen atoms in total. The molecule has 0 amide bonds. The van der Waals surface area contributed by atoms with Gasteiger partial charge in [0.05, 0.1) is 11.6 Å². The van der Waals surface area contributed by atoms with E-state index in [2.05, 4.69) is 95.0 Å². The van der Waals surface area contributed by atoms with Crippen LogP contribution in [-0.4, -0.2) is 10.2 Å². The molecule has 0 bridgehead atoms. The van der Waals surface area contributed by atoms with Crippen molar-refractivity contribution in [3.05, 3.63) is 125 Å². The van der Waals surface area contributed by atoms with E-state index < -0.39 is 0 Å². The van der Waals surface area contributed by atoms with Crippen LogP contribution in [-0.2, 0) is 11.8 Å². The highest BCUT2D eigenvalue weighted by Gasteiger charge is 2.25. The molecule has 1 atom stereocenters. The maximum atomic E-state index is 9.67. The van der Waals surface area contributed by atoms with Crippen LogP contribution in [0.25, 0.3) is 11.1 Å². The van der Waals surface area contributed by atoms with Crippen molar-refractivity contribution < 1.29 is 10.2 Å². The number of nitrogens with one attached hydrogen (secondary N) is 1. The van der Waals surface area contributed by atoms with Gasteiger partial charge in [0.2, 0.25) is 0 Å². The monoisotopic (exact) mass is 588 g/mol. The van der Waals surface area contributed by atoms with Crippen molar-refractivity contribution in [1.29, 1.82) is 5.26 Å². The Balaban J connectivity index is 0.000000340. The molecule has 230 valence electrons.